The maximum atomic E-state index is 11.6. The summed E-state index contributed by atoms with van der Waals surface area (Å²) in [4.78, 5) is 11.6. The first-order valence-electron chi connectivity index (χ1n) is 4.31. The van der Waals surface area contributed by atoms with Gasteiger partial charge >= 0.3 is 0 Å². The molecule has 0 bridgehead atoms. The predicted molar refractivity (Wildman–Crippen MR) is 58.7 cm³/mol. The van der Waals surface area contributed by atoms with E-state index in [0.717, 1.165) is 4.47 Å². The monoisotopic (exact) mass is 257 g/mol. The average Bonchev–Trinajstić information content (AvgIpc) is 2.17. The van der Waals surface area contributed by atoms with E-state index in [4.69, 9.17) is 4.74 Å². The topological polar surface area (TPSA) is 38.3 Å². The number of amides is 1. The summed E-state index contributed by atoms with van der Waals surface area (Å²) in [6.45, 7) is 2.48. The molecule has 4 heteroatoms. The van der Waals surface area contributed by atoms with Crippen molar-refractivity contribution in [3.8, 4) is 5.75 Å². The molecule has 1 aromatic carbocycles. The van der Waals surface area contributed by atoms with E-state index < -0.39 is 0 Å². The Morgan fingerprint density at radius 2 is 2.29 bits per heavy atom. The zero-order valence-electron chi connectivity index (χ0n) is 8.13. The van der Waals surface area contributed by atoms with Gasteiger partial charge in [0.25, 0.3) is 5.91 Å². The highest BCUT2D eigenvalue weighted by molar-refractivity contribution is 9.10. The summed E-state index contributed by atoms with van der Waals surface area (Å²) in [6, 6.07) is 5.40. The molecule has 0 spiro atoms. The number of nitrogens with one attached hydrogen (secondary N) is 1. The first kappa shape index (κ1) is 11.0. The van der Waals surface area contributed by atoms with Crippen LogP contribution < -0.4 is 10.1 Å². The maximum Gasteiger partial charge on any atom is 0.256 e. The minimum absolute atomic E-state index is 0.128. The summed E-state index contributed by atoms with van der Waals surface area (Å²) < 4.78 is 5.84. The van der Waals surface area contributed by atoms with Gasteiger partial charge in [0.1, 0.15) is 5.75 Å². The summed E-state index contributed by atoms with van der Waals surface area (Å²) in [5.41, 5.74) is 0.539. The molecule has 76 valence electrons. The molecule has 0 atom stereocenters. The van der Waals surface area contributed by atoms with Crippen LogP contribution in [0.4, 0.5) is 0 Å². The third-order valence-corrected chi connectivity index (χ3v) is 2.42. The van der Waals surface area contributed by atoms with Crippen molar-refractivity contribution in [1.29, 1.82) is 0 Å². The van der Waals surface area contributed by atoms with E-state index in [9.17, 15) is 4.79 Å². The molecule has 1 rings (SSSR count). The van der Waals surface area contributed by atoms with Gasteiger partial charge in [-0.15, -0.1) is 0 Å². The first-order chi connectivity index (χ1) is 6.70. The second kappa shape index (κ2) is 5.00. The van der Waals surface area contributed by atoms with E-state index in [1.807, 2.05) is 19.1 Å². The number of benzene rings is 1. The molecule has 0 unspecified atom stereocenters. The molecule has 1 aromatic rings. The van der Waals surface area contributed by atoms with E-state index in [0.29, 0.717) is 17.9 Å². The van der Waals surface area contributed by atoms with Gasteiger partial charge in [-0.3, -0.25) is 4.79 Å². The van der Waals surface area contributed by atoms with Crippen LogP contribution in [0.15, 0.2) is 22.7 Å². The highest BCUT2D eigenvalue weighted by atomic mass is 79.9. The van der Waals surface area contributed by atoms with Crippen LogP contribution in [0.5, 0.6) is 5.75 Å². The first-order valence-corrected chi connectivity index (χ1v) is 5.10. The smallest absolute Gasteiger partial charge is 0.256 e. The third-order valence-electron chi connectivity index (χ3n) is 1.76. The second-order valence-electron chi connectivity index (χ2n) is 2.68. The highest BCUT2D eigenvalue weighted by Gasteiger charge is 2.14. The number of halogens is 1. The van der Waals surface area contributed by atoms with Gasteiger partial charge in [-0.05, 0) is 35.0 Å². The van der Waals surface area contributed by atoms with Crippen molar-refractivity contribution < 1.29 is 9.53 Å². The SMILES string of the molecule is CCNC(=O)c1c(Br)cccc1OC. The summed E-state index contributed by atoms with van der Waals surface area (Å²) in [6.07, 6.45) is 0. The van der Waals surface area contributed by atoms with Crippen molar-refractivity contribution in [2.75, 3.05) is 13.7 Å². The molecule has 0 fully saturated rings. The van der Waals surface area contributed by atoms with Gasteiger partial charge in [0.15, 0.2) is 0 Å². The van der Waals surface area contributed by atoms with Crippen LogP contribution in [0.2, 0.25) is 0 Å². The Labute approximate surface area is 91.6 Å². The molecule has 1 amide bonds. The average molecular weight is 258 g/mol. The lowest BCUT2D eigenvalue weighted by Crippen LogP contribution is -2.23. The molecule has 0 aliphatic rings. The molecule has 0 aliphatic carbocycles. The van der Waals surface area contributed by atoms with Crippen molar-refractivity contribution in [2.24, 2.45) is 0 Å². The molecule has 0 radical (unpaired) electrons. The van der Waals surface area contributed by atoms with Crippen molar-refractivity contribution in [3.05, 3.63) is 28.2 Å². The van der Waals surface area contributed by atoms with Gasteiger partial charge in [-0.2, -0.15) is 0 Å². The van der Waals surface area contributed by atoms with Gasteiger partial charge in [0, 0.05) is 11.0 Å². The zero-order chi connectivity index (χ0) is 10.6. The number of hydrogen-bond donors (Lipinski definition) is 1. The fourth-order valence-electron chi connectivity index (χ4n) is 1.14. The van der Waals surface area contributed by atoms with E-state index in [1.54, 1.807) is 13.2 Å². The molecule has 14 heavy (non-hydrogen) atoms. The van der Waals surface area contributed by atoms with E-state index in [1.165, 1.54) is 0 Å². The second-order valence-corrected chi connectivity index (χ2v) is 3.53. The van der Waals surface area contributed by atoms with Crippen LogP contribution in [0, 0.1) is 0 Å². The summed E-state index contributed by atoms with van der Waals surface area (Å²) >= 11 is 3.32. The fraction of sp³-hybridized carbons (Fsp3) is 0.300. The van der Waals surface area contributed by atoms with Crippen molar-refractivity contribution in [2.45, 2.75) is 6.92 Å². The van der Waals surface area contributed by atoms with Crippen LogP contribution in [0.3, 0.4) is 0 Å². The van der Waals surface area contributed by atoms with Crippen LogP contribution in [-0.2, 0) is 0 Å². The molecule has 0 aliphatic heterocycles. The van der Waals surface area contributed by atoms with Gasteiger partial charge in [0.05, 0.1) is 12.7 Å². The molecule has 3 nitrogen and oxygen atoms in total. The Kier molecular flexibility index (Phi) is 3.95. The Hall–Kier alpha value is -1.03. The number of carbonyl (C=O) groups is 1. The normalized spacial score (nSPS) is 9.64. The van der Waals surface area contributed by atoms with Gasteiger partial charge in [-0.25, -0.2) is 0 Å². The molecule has 0 saturated heterocycles. The Balaban J connectivity index is 3.10. The quantitative estimate of drug-likeness (QED) is 0.902. The lowest BCUT2D eigenvalue weighted by atomic mass is 10.2. The Morgan fingerprint density at radius 3 is 2.86 bits per heavy atom. The molecule has 0 heterocycles. The van der Waals surface area contributed by atoms with E-state index >= 15 is 0 Å². The molecule has 1 N–H and O–H groups in total. The van der Waals surface area contributed by atoms with Crippen LogP contribution in [-0.4, -0.2) is 19.6 Å². The van der Waals surface area contributed by atoms with Crippen LogP contribution in [0.25, 0.3) is 0 Å². The van der Waals surface area contributed by atoms with Crippen LogP contribution >= 0.6 is 15.9 Å². The minimum Gasteiger partial charge on any atom is -0.496 e. The number of ether oxygens (including phenoxy) is 1. The van der Waals surface area contributed by atoms with E-state index in [2.05, 4.69) is 21.2 Å². The number of hydrogen-bond acceptors (Lipinski definition) is 2. The lowest BCUT2D eigenvalue weighted by Gasteiger charge is -2.09. The van der Waals surface area contributed by atoms with Gasteiger partial charge in [-0.1, -0.05) is 6.07 Å². The van der Waals surface area contributed by atoms with Crippen molar-refractivity contribution >= 4 is 21.8 Å². The molecule has 0 saturated carbocycles. The number of methoxy groups -OCH3 is 1. The standard InChI is InChI=1S/C10H12BrNO2/c1-3-12-10(13)9-7(11)5-4-6-8(9)14-2/h4-6H,3H2,1-2H3,(H,12,13). The minimum atomic E-state index is -0.128. The summed E-state index contributed by atoms with van der Waals surface area (Å²) in [5, 5.41) is 2.73. The largest absolute Gasteiger partial charge is 0.496 e. The van der Waals surface area contributed by atoms with Crippen molar-refractivity contribution in [3.63, 3.8) is 0 Å². The predicted octanol–water partition coefficient (Wildman–Crippen LogP) is 2.21. The zero-order valence-corrected chi connectivity index (χ0v) is 9.72. The lowest BCUT2D eigenvalue weighted by molar-refractivity contribution is 0.0952. The van der Waals surface area contributed by atoms with Crippen molar-refractivity contribution in [1.82, 2.24) is 5.32 Å². The molecular weight excluding hydrogens is 246 g/mol. The maximum absolute atomic E-state index is 11.6. The highest BCUT2D eigenvalue weighted by Crippen LogP contribution is 2.26. The number of rotatable bonds is 3. The fourth-order valence-corrected chi connectivity index (χ4v) is 1.67. The Morgan fingerprint density at radius 1 is 1.57 bits per heavy atom. The molecular formula is C10H12BrNO2. The van der Waals surface area contributed by atoms with Gasteiger partial charge < -0.3 is 10.1 Å². The Bertz CT molecular complexity index is 339. The van der Waals surface area contributed by atoms with E-state index in [-0.39, 0.29) is 5.91 Å². The summed E-state index contributed by atoms with van der Waals surface area (Å²) in [7, 11) is 1.55. The third kappa shape index (κ3) is 2.26. The summed E-state index contributed by atoms with van der Waals surface area (Å²) in [5.74, 6) is 0.446. The van der Waals surface area contributed by atoms with Gasteiger partial charge in [0.2, 0.25) is 0 Å². The number of carbonyl (C=O) groups excluding carboxylic acids is 1. The molecule has 0 aromatic heterocycles. The van der Waals surface area contributed by atoms with Crippen LogP contribution in [0.1, 0.15) is 17.3 Å².